The van der Waals surface area contributed by atoms with Gasteiger partial charge >= 0.3 is 0 Å². The number of rotatable bonds is 2. The third-order valence-electron chi connectivity index (χ3n) is 5.70. The molecule has 1 spiro atoms. The summed E-state index contributed by atoms with van der Waals surface area (Å²) in [5, 5.41) is 0. The van der Waals surface area contributed by atoms with E-state index in [-0.39, 0.29) is 5.60 Å². The first-order valence-corrected chi connectivity index (χ1v) is 8.40. The third kappa shape index (κ3) is 3.03. The molecule has 3 fully saturated rings. The molecular weight excluding hydrogens is 252 g/mol. The van der Waals surface area contributed by atoms with E-state index in [0.717, 1.165) is 39.2 Å². The Balaban J connectivity index is 1.66. The Morgan fingerprint density at radius 2 is 1.95 bits per heavy atom. The van der Waals surface area contributed by atoms with Crippen LogP contribution in [0.15, 0.2) is 0 Å². The molecule has 0 aromatic heterocycles. The van der Waals surface area contributed by atoms with Crippen LogP contribution in [0.5, 0.6) is 0 Å². The molecule has 3 unspecified atom stereocenters. The summed E-state index contributed by atoms with van der Waals surface area (Å²) < 4.78 is 11.7. The fourth-order valence-corrected chi connectivity index (χ4v) is 4.29. The predicted octanol–water partition coefficient (Wildman–Crippen LogP) is 1.77. The molecule has 4 heteroatoms. The molecule has 0 amide bonds. The van der Waals surface area contributed by atoms with Crippen molar-refractivity contribution in [1.82, 2.24) is 4.90 Å². The van der Waals surface area contributed by atoms with E-state index in [0.29, 0.717) is 18.0 Å². The van der Waals surface area contributed by atoms with Crippen LogP contribution in [0.2, 0.25) is 0 Å². The Labute approximate surface area is 123 Å². The van der Waals surface area contributed by atoms with Gasteiger partial charge in [-0.15, -0.1) is 0 Å². The van der Waals surface area contributed by atoms with Gasteiger partial charge in [-0.2, -0.15) is 0 Å². The first-order valence-electron chi connectivity index (χ1n) is 8.40. The molecule has 0 radical (unpaired) electrons. The van der Waals surface area contributed by atoms with Crippen molar-refractivity contribution in [1.29, 1.82) is 0 Å². The van der Waals surface area contributed by atoms with Gasteiger partial charge in [0.2, 0.25) is 0 Å². The fourth-order valence-electron chi connectivity index (χ4n) is 4.29. The zero-order valence-corrected chi connectivity index (χ0v) is 12.9. The second-order valence-electron chi connectivity index (χ2n) is 7.02. The first kappa shape index (κ1) is 14.8. The molecule has 0 bridgehead atoms. The number of ether oxygens (including phenoxy) is 2. The summed E-state index contributed by atoms with van der Waals surface area (Å²) in [4.78, 5) is 2.74. The van der Waals surface area contributed by atoms with Gasteiger partial charge in [-0.1, -0.05) is 0 Å². The van der Waals surface area contributed by atoms with Crippen molar-refractivity contribution in [3.8, 4) is 0 Å². The van der Waals surface area contributed by atoms with E-state index in [1.165, 1.54) is 32.2 Å². The van der Waals surface area contributed by atoms with Crippen molar-refractivity contribution < 1.29 is 9.47 Å². The van der Waals surface area contributed by atoms with Gasteiger partial charge in [-0.25, -0.2) is 0 Å². The maximum Gasteiger partial charge on any atom is 0.0741 e. The number of hydrogen-bond acceptors (Lipinski definition) is 4. The van der Waals surface area contributed by atoms with E-state index < -0.39 is 0 Å². The molecule has 3 atom stereocenters. The topological polar surface area (TPSA) is 47.7 Å². The molecule has 0 aliphatic carbocycles. The van der Waals surface area contributed by atoms with Crippen LogP contribution in [0, 0.1) is 5.92 Å². The van der Waals surface area contributed by atoms with Crippen LogP contribution < -0.4 is 5.73 Å². The molecule has 2 N–H and O–H groups in total. The zero-order valence-electron chi connectivity index (χ0n) is 12.9. The second-order valence-corrected chi connectivity index (χ2v) is 7.02. The monoisotopic (exact) mass is 282 g/mol. The summed E-state index contributed by atoms with van der Waals surface area (Å²) in [6.45, 7) is 7.07. The largest absolute Gasteiger partial charge is 0.381 e. The number of nitrogens with two attached hydrogens (primary N) is 1. The Bertz CT molecular complexity index is 312. The first-order chi connectivity index (χ1) is 9.72. The SMILES string of the molecule is CC1CCC(CN)CN1C1CCOC2(CCOCC2)C1. The van der Waals surface area contributed by atoms with Gasteiger partial charge in [0.05, 0.1) is 5.60 Å². The second kappa shape index (κ2) is 6.30. The van der Waals surface area contributed by atoms with Crippen LogP contribution in [-0.2, 0) is 9.47 Å². The molecule has 3 rings (SSSR count). The van der Waals surface area contributed by atoms with Crippen molar-refractivity contribution in [3.05, 3.63) is 0 Å². The number of nitrogens with zero attached hydrogens (tertiary/aromatic N) is 1. The van der Waals surface area contributed by atoms with E-state index in [1.54, 1.807) is 0 Å². The molecule has 0 aromatic carbocycles. The van der Waals surface area contributed by atoms with Crippen molar-refractivity contribution in [2.24, 2.45) is 11.7 Å². The lowest BCUT2D eigenvalue weighted by Gasteiger charge is -2.50. The number of piperidine rings is 1. The van der Waals surface area contributed by atoms with Gasteiger partial charge in [-0.05, 0) is 57.9 Å². The van der Waals surface area contributed by atoms with Crippen LogP contribution in [0.25, 0.3) is 0 Å². The van der Waals surface area contributed by atoms with Gasteiger partial charge in [0, 0.05) is 38.4 Å². The van der Waals surface area contributed by atoms with E-state index in [2.05, 4.69) is 11.8 Å². The minimum absolute atomic E-state index is 0.108. The normalized spacial score (nSPS) is 39.0. The van der Waals surface area contributed by atoms with Gasteiger partial charge in [0.1, 0.15) is 0 Å². The average molecular weight is 282 g/mol. The lowest BCUT2D eigenvalue weighted by atomic mass is 9.81. The maximum atomic E-state index is 6.18. The molecule has 3 aliphatic rings. The van der Waals surface area contributed by atoms with Crippen molar-refractivity contribution in [2.45, 2.75) is 63.1 Å². The molecule has 0 aromatic rings. The highest BCUT2D eigenvalue weighted by Gasteiger charge is 2.42. The fraction of sp³-hybridized carbons (Fsp3) is 1.00. The summed E-state index contributed by atoms with van der Waals surface area (Å²) in [5.74, 6) is 0.694. The maximum absolute atomic E-state index is 6.18. The third-order valence-corrected chi connectivity index (χ3v) is 5.70. The van der Waals surface area contributed by atoms with E-state index in [1.807, 2.05) is 0 Å². The van der Waals surface area contributed by atoms with Crippen molar-refractivity contribution in [3.63, 3.8) is 0 Å². The Morgan fingerprint density at radius 3 is 2.70 bits per heavy atom. The lowest BCUT2D eigenvalue weighted by molar-refractivity contribution is -0.156. The van der Waals surface area contributed by atoms with Gasteiger partial charge in [0.15, 0.2) is 0 Å². The molecule has 3 saturated heterocycles. The minimum Gasteiger partial charge on any atom is -0.381 e. The highest BCUT2D eigenvalue weighted by atomic mass is 16.5. The quantitative estimate of drug-likeness (QED) is 0.838. The van der Waals surface area contributed by atoms with Crippen LogP contribution in [0.1, 0.15) is 45.4 Å². The van der Waals surface area contributed by atoms with E-state index >= 15 is 0 Å². The zero-order chi connectivity index (χ0) is 14.0. The van der Waals surface area contributed by atoms with Crippen molar-refractivity contribution in [2.75, 3.05) is 32.9 Å². The van der Waals surface area contributed by atoms with Crippen LogP contribution >= 0.6 is 0 Å². The average Bonchev–Trinajstić information content (AvgIpc) is 2.48. The molecule has 4 nitrogen and oxygen atoms in total. The Morgan fingerprint density at radius 1 is 1.15 bits per heavy atom. The Kier molecular flexibility index (Phi) is 4.65. The molecule has 3 heterocycles. The number of likely N-dealkylation sites (tertiary alicyclic amines) is 1. The molecule has 3 aliphatic heterocycles. The lowest BCUT2D eigenvalue weighted by Crippen LogP contribution is -2.55. The summed E-state index contributed by atoms with van der Waals surface area (Å²) in [6.07, 6.45) is 7.13. The number of hydrogen-bond donors (Lipinski definition) is 1. The highest BCUT2D eigenvalue weighted by Crippen LogP contribution is 2.38. The van der Waals surface area contributed by atoms with E-state index in [9.17, 15) is 0 Å². The van der Waals surface area contributed by atoms with Gasteiger partial charge in [0.25, 0.3) is 0 Å². The van der Waals surface area contributed by atoms with Crippen LogP contribution in [0.4, 0.5) is 0 Å². The summed E-state index contributed by atoms with van der Waals surface area (Å²) in [7, 11) is 0. The van der Waals surface area contributed by atoms with Crippen molar-refractivity contribution >= 4 is 0 Å². The summed E-state index contributed by atoms with van der Waals surface area (Å²) in [5.41, 5.74) is 6.02. The smallest absolute Gasteiger partial charge is 0.0741 e. The van der Waals surface area contributed by atoms with E-state index in [4.69, 9.17) is 15.2 Å². The standard InChI is InChI=1S/C16H30N2O2/c1-13-2-3-14(11-17)12-18(13)15-4-7-20-16(10-15)5-8-19-9-6-16/h13-15H,2-12,17H2,1H3. The van der Waals surface area contributed by atoms with Gasteiger partial charge < -0.3 is 15.2 Å². The molecule has 20 heavy (non-hydrogen) atoms. The summed E-state index contributed by atoms with van der Waals surface area (Å²) >= 11 is 0. The molecule has 116 valence electrons. The van der Waals surface area contributed by atoms with Crippen LogP contribution in [0.3, 0.4) is 0 Å². The molecule has 0 saturated carbocycles. The Hall–Kier alpha value is -0.160. The van der Waals surface area contributed by atoms with Gasteiger partial charge in [-0.3, -0.25) is 4.90 Å². The predicted molar refractivity (Wildman–Crippen MR) is 79.7 cm³/mol. The summed E-state index contributed by atoms with van der Waals surface area (Å²) in [6, 6.07) is 1.39. The minimum atomic E-state index is 0.108. The van der Waals surface area contributed by atoms with Crippen LogP contribution in [-0.4, -0.2) is 55.5 Å². The molecular formula is C16H30N2O2. The highest BCUT2D eigenvalue weighted by molar-refractivity contribution is 4.95.